The fourth-order valence-corrected chi connectivity index (χ4v) is 9.70. The third kappa shape index (κ3) is 4.59. The van der Waals surface area contributed by atoms with Gasteiger partial charge in [0.25, 0.3) is 0 Å². The van der Waals surface area contributed by atoms with Gasteiger partial charge < -0.3 is 4.74 Å². The zero-order valence-corrected chi connectivity index (χ0v) is 23.1. The van der Waals surface area contributed by atoms with Crippen LogP contribution in [-0.2, 0) is 9.53 Å². The smallest absolute Gasteiger partial charge is 0.316 e. The SMILES string of the molecule is CC(C)CCCC(C)C1CCC2C3CCC4CC(OC(=O)CBr)CCC4(C)C3CCC12C. The van der Waals surface area contributed by atoms with Crippen LogP contribution in [0.5, 0.6) is 0 Å². The number of esters is 1. The molecule has 3 heteroatoms. The van der Waals surface area contributed by atoms with Crippen molar-refractivity contribution in [1.82, 2.24) is 0 Å². The highest BCUT2D eigenvalue weighted by atomic mass is 79.9. The molecule has 2 nitrogen and oxygen atoms in total. The molecule has 4 aliphatic rings. The third-order valence-corrected chi connectivity index (χ3v) is 11.7. The Morgan fingerprint density at radius 1 is 0.938 bits per heavy atom. The number of carbonyl (C=O) groups excluding carboxylic acids is 1. The monoisotopic (exact) mass is 508 g/mol. The van der Waals surface area contributed by atoms with Crippen molar-refractivity contribution in [2.24, 2.45) is 52.3 Å². The molecule has 0 aromatic rings. The number of carbonyl (C=O) groups is 1. The molecule has 0 heterocycles. The van der Waals surface area contributed by atoms with Crippen molar-refractivity contribution < 1.29 is 9.53 Å². The summed E-state index contributed by atoms with van der Waals surface area (Å²) >= 11 is 3.26. The Hall–Kier alpha value is -0.0500. The molecule has 0 N–H and O–H groups in total. The van der Waals surface area contributed by atoms with E-state index in [9.17, 15) is 4.79 Å². The van der Waals surface area contributed by atoms with Crippen LogP contribution in [0.2, 0.25) is 0 Å². The maximum Gasteiger partial charge on any atom is 0.316 e. The lowest BCUT2D eigenvalue weighted by molar-refractivity contribution is -0.160. The zero-order chi connectivity index (χ0) is 23.1. The van der Waals surface area contributed by atoms with E-state index in [4.69, 9.17) is 4.74 Å². The predicted octanol–water partition coefficient (Wildman–Crippen LogP) is 8.41. The van der Waals surface area contributed by atoms with Crippen LogP contribution >= 0.6 is 15.9 Å². The number of hydrogen-bond donors (Lipinski definition) is 0. The second-order valence-electron chi connectivity index (χ2n) is 13.2. The maximum absolute atomic E-state index is 11.8. The highest BCUT2D eigenvalue weighted by Gasteiger charge is 2.60. The average Bonchev–Trinajstić information content (AvgIpc) is 3.11. The summed E-state index contributed by atoms with van der Waals surface area (Å²) in [6, 6.07) is 0. The average molecular weight is 510 g/mol. The third-order valence-electron chi connectivity index (χ3n) is 11.2. The maximum atomic E-state index is 11.8. The van der Waals surface area contributed by atoms with Gasteiger partial charge >= 0.3 is 5.97 Å². The molecule has 0 saturated heterocycles. The summed E-state index contributed by atoms with van der Waals surface area (Å²) in [5.74, 6) is 6.17. The first-order valence-corrected chi connectivity index (χ1v) is 15.1. The molecule has 0 spiro atoms. The summed E-state index contributed by atoms with van der Waals surface area (Å²) in [5, 5.41) is 0.327. The lowest BCUT2D eigenvalue weighted by atomic mass is 9.44. The second kappa shape index (κ2) is 9.90. The number of halogens is 1. The summed E-state index contributed by atoms with van der Waals surface area (Å²) < 4.78 is 5.76. The van der Waals surface area contributed by atoms with Gasteiger partial charge in [-0.3, -0.25) is 4.79 Å². The molecule has 0 radical (unpaired) electrons. The molecule has 0 aromatic carbocycles. The number of fused-ring (bicyclic) bond motifs is 5. The Balaban J connectivity index is 1.42. The van der Waals surface area contributed by atoms with E-state index in [1.807, 2.05) is 0 Å². The van der Waals surface area contributed by atoms with Crippen LogP contribution in [0.1, 0.15) is 112 Å². The Morgan fingerprint density at radius 3 is 2.38 bits per heavy atom. The minimum Gasteiger partial charge on any atom is -0.462 e. The molecule has 0 aliphatic heterocycles. The highest BCUT2D eigenvalue weighted by molar-refractivity contribution is 9.09. The first kappa shape index (κ1) is 25.1. The van der Waals surface area contributed by atoms with E-state index in [0.29, 0.717) is 16.2 Å². The fraction of sp³-hybridized carbons (Fsp3) is 0.966. The summed E-state index contributed by atoms with van der Waals surface area (Å²) in [6.45, 7) is 12.7. The molecule has 184 valence electrons. The number of ether oxygens (including phenoxy) is 1. The van der Waals surface area contributed by atoms with Crippen LogP contribution < -0.4 is 0 Å². The van der Waals surface area contributed by atoms with Crippen molar-refractivity contribution in [2.75, 3.05) is 5.33 Å². The van der Waals surface area contributed by atoms with Gasteiger partial charge in [-0.2, -0.15) is 0 Å². The lowest BCUT2D eigenvalue weighted by Crippen LogP contribution is -2.54. The van der Waals surface area contributed by atoms with Gasteiger partial charge in [0.15, 0.2) is 0 Å². The number of hydrogen-bond acceptors (Lipinski definition) is 2. The van der Waals surface area contributed by atoms with Gasteiger partial charge in [-0.25, -0.2) is 0 Å². The van der Waals surface area contributed by atoms with Crippen molar-refractivity contribution in [3.05, 3.63) is 0 Å². The first-order chi connectivity index (χ1) is 15.2. The zero-order valence-electron chi connectivity index (χ0n) is 21.5. The van der Waals surface area contributed by atoms with Crippen LogP contribution in [0.3, 0.4) is 0 Å². The summed E-state index contributed by atoms with van der Waals surface area (Å²) in [6.07, 6.45) is 16.5. The molecule has 4 fully saturated rings. The van der Waals surface area contributed by atoms with E-state index < -0.39 is 0 Å². The van der Waals surface area contributed by atoms with Gasteiger partial charge in [-0.1, -0.05) is 69.8 Å². The minimum absolute atomic E-state index is 0.0831. The number of rotatable bonds is 7. The van der Waals surface area contributed by atoms with Gasteiger partial charge in [0.05, 0.1) is 0 Å². The normalized spacial score (nSPS) is 44.5. The quantitative estimate of drug-likeness (QED) is 0.254. The molecule has 0 aromatic heterocycles. The van der Waals surface area contributed by atoms with Crippen LogP contribution in [0.15, 0.2) is 0 Å². The molecule has 9 atom stereocenters. The molecule has 32 heavy (non-hydrogen) atoms. The van der Waals surface area contributed by atoms with Crippen molar-refractivity contribution in [3.63, 3.8) is 0 Å². The molecule has 9 unspecified atom stereocenters. The molecule has 0 bridgehead atoms. The van der Waals surface area contributed by atoms with Gasteiger partial charge in [-0.15, -0.1) is 0 Å². The first-order valence-electron chi connectivity index (χ1n) is 13.9. The Morgan fingerprint density at radius 2 is 1.66 bits per heavy atom. The van der Waals surface area contributed by atoms with Gasteiger partial charge in [-0.05, 0) is 110 Å². The van der Waals surface area contributed by atoms with E-state index >= 15 is 0 Å². The fourth-order valence-electron chi connectivity index (χ4n) is 9.57. The van der Waals surface area contributed by atoms with E-state index in [1.54, 1.807) is 0 Å². The minimum atomic E-state index is -0.0831. The van der Waals surface area contributed by atoms with Gasteiger partial charge in [0.1, 0.15) is 11.4 Å². The van der Waals surface area contributed by atoms with Crippen LogP contribution in [0.25, 0.3) is 0 Å². The van der Waals surface area contributed by atoms with E-state index in [-0.39, 0.29) is 12.1 Å². The Bertz CT molecular complexity index is 662. The molecule has 4 aliphatic carbocycles. The van der Waals surface area contributed by atoms with Gasteiger partial charge in [0, 0.05) is 0 Å². The topological polar surface area (TPSA) is 26.3 Å². The van der Waals surface area contributed by atoms with E-state index in [1.165, 1.54) is 64.2 Å². The van der Waals surface area contributed by atoms with Crippen molar-refractivity contribution in [3.8, 4) is 0 Å². The molecular formula is C29H49BrO2. The van der Waals surface area contributed by atoms with Crippen molar-refractivity contribution in [1.29, 1.82) is 0 Å². The lowest BCUT2D eigenvalue weighted by Gasteiger charge is -2.61. The van der Waals surface area contributed by atoms with E-state index in [2.05, 4.69) is 50.5 Å². The molecule has 0 amide bonds. The molecule has 4 rings (SSSR count). The second-order valence-corrected chi connectivity index (χ2v) is 13.8. The van der Waals surface area contributed by atoms with Crippen LogP contribution in [0.4, 0.5) is 0 Å². The predicted molar refractivity (Wildman–Crippen MR) is 137 cm³/mol. The summed E-state index contributed by atoms with van der Waals surface area (Å²) in [7, 11) is 0. The molecular weight excluding hydrogens is 460 g/mol. The Kier molecular flexibility index (Phi) is 7.75. The van der Waals surface area contributed by atoms with Crippen molar-refractivity contribution in [2.45, 2.75) is 118 Å². The van der Waals surface area contributed by atoms with E-state index in [0.717, 1.165) is 54.3 Å². The standard InChI is InChI=1S/C29H49BrO2/c1-19(2)7-6-8-20(3)24-11-12-25-23-10-9-21-17-22(32-27(31)18-30)13-15-28(21,4)26(23)14-16-29(24,25)5/h19-26H,6-18H2,1-5H3. The largest absolute Gasteiger partial charge is 0.462 e. The summed E-state index contributed by atoms with van der Waals surface area (Å²) in [4.78, 5) is 11.8. The van der Waals surface area contributed by atoms with Gasteiger partial charge in [0.2, 0.25) is 0 Å². The number of alkyl halides is 1. The van der Waals surface area contributed by atoms with Crippen molar-refractivity contribution >= 4 is 21.9 Å². The Labute approximate surface area is 206 Å². The van der Waals surface area contributed by atoms with Crippen LogP contribution in [-0.4, -0.2) is 17.4 Å². The highest BCUT2D eigenvalue weighted by Crippen LogP contribution is 2.68. The summed E-state index contributed by atoms with van der Waals surface area (Å²) in [5.41, 5.74) is 1.06. The van der Waals surface area contributed by atoms with Crippen LogP contribution in [0, 0.1) is 52.3 Å². The molecule has 4 saturated carbocycles.